The van der Waals surface area contributed by atoms with Crippen LogP contribution in [0.3, 0.4) is 0 Å². The molecule has 0 bridgehead atoms. The maximum absolute atomic E-state index is 12.0. The maximum atomic E-state index is 12.0. The molecule has 1 saturated heterocycles. The van der Waals surface area contributed by atoms with Crippen LogP contribution in [-0.4, -0.2) is 61.7 Å². The van der Waals surface area contributed by atoms with Crippen LogP contribution >= 0.6 is 11.6 Å². The average Bonchev–Trinajstić information content (AvgIpc) is 2.53. The highest BCUT2D eigenvalue weighted by atomic mass is 35.5. The van der Waals surface area contributed by atoms with Crippen LogP contribution in [0.25, 0.3) is 0 Å². The third-order valence-electron chi connectivity index (χ3n) is 3.57. The summed E-state index contributed by atoms with van der Waals surface area (Å²) >= 11 is 5.80. The molecule has 0 unspecified atom stereocenters. The fourth-order valence-corrected chi connectivity index (χ4v) is 2.36. The molecule has 0 saturated carbocycles. The zero-order chi connectivity index (χ0) is 15.1. The van der Waals surface area contributed by atoms with Crippen molar-refractivity contribution in [2.45, 2.75) is 6.92 Å². The molecule has 0 atom stereocenters. The van der Waals surface area contributed by atoms with Crippen molar-refractivity contribution in [3.63, 3.8) is 0 Å². The summed E-state index contributed by atoms with van der Waals surface area (Å²) in [7, 11) is 0. The van der Waals surface area contributed by atoms with Gasteiger partial charge in [-0.2, -0.15) is 0 Å². The van der Waals surface area contributed by atoms with Gasteiger partial charge in [-0.3, -0.25) is 0 Å². The summed E-state index contributed by atoms with van der Waals surface area (Å²) in [6, 6.07) is 7.18. The third kappa shape index (κ3) is 5.10. The highest BCUT2D eigenvalue weighted by Gasteiger charge is 2.19. The monoisotopic (exact) mass is 311 g/mol. The maximum Gasteiger partial charge on any atom is 0.317 e. The number of piperazine rings is 1. The molecule has 1 aromatic carbocycles. The normalized spacial score (nSPS) is 15.8. The Morgan fingerprint density at radius 1 is 1.24 bits per heavy atom. The van der Waals surface area contributed by atoms with Crippen molar-refractivity contribution in [3.8, 4) is 5.75 Å². The summed E-state index contributed by atoms with van der Waals surface area (Å²) in [6.07, 6.45) is 0. The summed E-state index contributed by atoms with van der Waals surface area (Å²) in [4.78, 5) is 16.2. The lowest BCUT2D eigenvalue weighted by atomic mass is 10.3. The van der Waals surface area contributed by atoms with Gasteiger partial charge in [-0.05, 0) is 30.8 Å². The van der Waals surface area contributed by atoms with Crippen LogP contribution in [0.1, 0.15) is 6.92 Å². The molecule has 1 aliphatic rings. The molecular weight excluding hydrogens is 290 g/mol. The molecule has 1 fully saturated rings. The lowest BCUT2D eigenvalue weighted by Gasteiger charge is -2.33. The predicted octanol–water partition coefficient (Wildman–Crippen LogP) is 2.07. The van der Waals surface area contributed by atoms with E-state index in [0.717, 1.165) is 38.5 Å². The first-order valence-corrected chi connectivity index (χ1v) is 7.70. The first kappa shape index (κ1) is 15.9. The first-order chi connectivity index (χ1) is 10.2. The zero-order valence-electron chi connectivity index (χ0n) is 12.3. The number of nitrogens with zero attached hydrogens (tertiary/aromatic N) is 2. The van der Waals surface area contributed by atoms with Crippen molar-refractivity contribution in [1.82, 2.24) is 15.1 Å². The molecule has 1 heterocycles. The van der Waals surface area contributed by atoms with Crippen molar-refractivity contribution in [2.24, 2.45) is 0 Å². The number of carbonyl (C=O) groups is 1. The Bertz CT molecular complexity index is 445. The Balaban J connectivity index is 1.62. The van der Waals surface area contributed by atoms with Crippen LogP contribution in [0, 0.1) is 0 Å². The van der Waals surface area contributed by atoms with Crippen molar-refractivity contribution in [2.75, 3.05) is 45.9 Å². The Morgan fingerprint density at radius 2 is 1.90 bits per heavy atom. The minimum Gasteiger partial charge on any atom is -0.492 e. The van der Waals surface area contributed by atoms with Gasteiger partial charge in [-0.15, -0.1) is 0 Å². The topological polar surface area (TPSA) is 44.8 Å². The van der Waals surface area contributed by atoms with Crippen LogP contribution in [0.15, 0.2) is 24.3 Å². The van der Waals surface area contributed by atoms with E-state index in [0.29, 0.717) is 18.2 Å². The predicted molar refractivity (Wildman–Crippen MR) is 84.0 cm³/mol. The van der Waals surface area contributed by atoms with E-state index in [1.54, 1.807) is 12.1 Å². The summed E-state index contributed by atoms with van der Waals surface area (Å²) in [6.45, 7) is 7.61. The van der Waals surface area contributed by atoms with Crippen LogP contribution in [0.5, 0.6) is 5.75 Å². The molecular formula is C15H22ClN3O2. The smallest absolute Gasteiger partial charge is 0.317 e. The molecule has 2 amide bonds. The van der Waals surface area contributed by atoms with Crippen molar-refractivity contribution in [3.05, 3.63) is 29.3 Å². The number of halogens is 1. The Morgan fingerprint density at radius 3 is 2.52 bits per heavy atom. The molecule has 0 radical (unpaired) electrons. The molecule has 6 heteroatoms. The number of amides is 2. The van der Waals surface area contributed by atoms with Gasteiger partial charge in [-0.25, -0.2) is 4.79 Å². The quantitative estimate of drug-likeness (QED) is 0.847. The second-order valence-electron chi connectivity index (χ2n) is 4.96. The second kappa shape index (κ2) is 8.10. The van der Waals surface area contributed by atoms with Crippen LogP contribution in [0.4, 0.5) is 4.79 Å². The largest absolute Gasteiger partial charge is 0.492 e. The number of hydrogen-bond donors (Lipinski definition) is 1. The minimum absolute atomic E-state index is 0.00883. The summed E-state index contributed by atoms with van der Waals surface area (Å²) in [5, 5.41) is 3.57. The molecule has 0 aliphatic carbocycles. The van der Waals surface area contributed by atoms with Crippen LogP contribution in [-0.2, 0) is 0 Å². The molecule has 1 aromatic rings. The number of urea groups is 1. The van der Waals surface area contributed by atoms with Gasteiger partial charge >= 0.3 is 6.03 Å². The van der Waals surface area contributed by atoms with E-state index in [9.17, 15) is 4.79 Å². The van der Waals surface area contributed by atoms with E-state index >= 15 is 0 Å². The number of ether oxygens (including phenoxy) is 1. The van der Waals surface area contributed by atoms with Gasteiger partial charge in [0.25, 0.3) is 0 Å². The molecule has 0 spiro atoms. The van der Waals surface area contributed by atoms with Gasteiger partial charge in [0.15, 0.2) is 0 Å². The van der Waals surface area contributed by atoms with Crippen molar-refractivity contribution >= 4 is 17.6 Å². The average molecular weight is 312 g/mol. The van der Waals surface area contributed by atoms with Gasteiger partial charge in [0, 0.05) is 31.2 Å². The highest BCUT2D eigenvalue weighted by molar-refractivity contribution is 6.30. The lowest BCUT2D eigenvalue weighted by Crippen LogP contribution is -2.52. The number of rotatable bonds is 5. The van der Waals surface area contributed by atoms with E-state index in [-0.39, 0.29) is 6.03 Å². The molecule has 2 rings (SSSR count). The summed E-state index contributed by atoms with van der Waals surface area (Å²) < 4.78 is 5.53. The van der Waals surface area contributed by atoms with Gasteiger partial charge < -0.3 is 19.9 Å². The number of nitrogens with one attached hydrogen (secondary N) is 1. The van der Waals surface area contributed by atoms with Crippen molar-refractivity contribution in [1.29, 1.82) is 0 Å². The number of likely N-dealkylation sites (N-methyl/N-ethyl adjacent to an activating group) is 1. The third-order valence-corrected chi connectivity index (χ3v) is 3.82. The van der Waals surface area contributed by atoms with Gasteiger partial charge in [0.1, 0.15) is 12.4 Å². The molecule has 116 valence electrons. The molecule has 1 N–H and O–H groups in total. The number of benzene rings is 1. The van der Waals surface area contributed by atoms with Crippen molar-refractivity contribution < 1.29 is 9.53 Å². The first-order valence-electron chi connectivity index (χ1n) is 7.32. The second-order valence-corrected chi connectivity index (χ2v) is 5.39. The SMILES string of the molecule is CCN1CCN(C(=O)NCCOc2ccc(Cl)cc2)CC1. The molecule has 21 heavy (non-hydrogen) atoms. The van der Waals surface area contributed by atoms with Gasteiger partial charge in [0.2, 0.25) is 0 Å². The fraction of sp³-hybridized carbons (Fsp3) is 0.533. The minimum atomic E-state index is -0.00883. The standard InChI is InChI=1S/C15H22ClN3O2/c1-2-18-8-10-19(11-9-18)15(20)17-7-12-21-14-5-3-13(16)4-6-14/h3-6H,2,7-12H2,1H3,(H,17,20). The van der Waals surface area contributed by atoms with Crippen LogP contribution < -0.4 is 10.1 Å². The molecule has 5 nitrogen and oxygen atoms in total. The lowest BCUT2D eigenvalue weighted by molar-refractivity contribution is 0.142. The van der Waals surface area contributed by atoms with E-state index < -0.39 is 0 Å². The van der Waals surface area contributed by atoms with Gasteiger partial charge in [-0.1, -0.05) is 18.5 Å². The summed E-state index contributed by atoms with van der Waals surface area (Å²) in [5.74, 6) is 0.755. The Hall–Kier alpha value is -1.46. The van der Waals surface area contributed by atoms with Crippen LogP contribution in [0.2, 0.25) is 5.02 Å². The molecule has 0 aromatic heterocycles. The van der Waals surface area contributed by atoms with E-state index in [1.165, 1.54) is 0 Å². The zero-order valence-corrected chi connectivity index (χ0v) is 13.1. The van der Waals surface area contributed by atoms with E-state index in [2.05, 4.69) is 17.1 Å². The fourth-order valence-electron chi connectivity index (χ4n) is 2.24. The number of hydrogen-bond acceptors (Lipinski definition) is 3. The number of carbonyl (C=O) groups excluding carboxylic acids is 1. The van der Waals surface area contributed by atoms with E-state index in [1.807, 2.05) is 17.0 Å². The highest BCUT2D eigenvalue weighted by Crippen LogP contribution is 2.15. The molecule has 1 aliphatic heterocycles. The van der Waals surface area contributed by atoms with Gasteiger partial charge in [0.05, 0.1) is 6.54 Å². The van der Waals surface area contributed by atoms with E-state index in [4.69, 9.17) is 16.3 Å². The summed E-state index contributed by atoms with van der Waals surface area (Å²) in [5.41, 5.74) is 0. The Kier molecular flexibility index (Phi) is 6.14. The Labute approximate surface area is 130 Å².